The van der Waals surface area contributed by atoms with Crippen LogP contribution >= 0.6 is 18.2 Å². The van der Waals surface area contributed by atoms with Crippen molar-refractivity contribution >= 4 is 18.2 Å². The Morgan fingerprint density at radius 2 is 1.65 bits per heavy atom. The summed E-state index contributed by atoms with van der Waals surface area (Å²) < 4.78 is 27.7. The summed E-state index contributed by atoms with van der Waals surface area (Å²) in [6.45, 7) is -0.539. The van der Waals surface area contributed by atoms with Crippen molar-refractivity contribution in [3.63, 3.8) is 0 Å². The smallest absolute Gasteiger partial charge is 0.391 e. The van der Waals surface area contributed by atoms with E-state index >= 15 is 0 Å². The topological polar surface area (TPSA) is 126 Å². The standard InChI is InChI=1S/C10H21O8PS/c1-3-16-19(15,17-4-2)20-10-9(14)8(13)7(12)6(5-11)18-10/h6-14H,3-5H2,1-2H3/t6-,7+,8+,9-,10+/m1/s1. The van der Waals surface area contributed by atoms with Crippen molar-refractivity contribution < 1.29 is 38.8 Å². The van der Waals surface area contributed by atoms with Gasteiger partial charge in [0.25, 0.3) is 0 Å². The van der Waals surface area contributed by atoms with Crippen LogP contribution in [-0.2, 0) is 18.3 Å². The summed E-state index contributed by atoms with van der Waals surface area (Å²) in [5.74, 6) is 0. The van der Waals surface area contributed by atoms with Gasteiger partial charge in [0.1, 0.15) is 29.9 Å². The lowest BCUT2D eigenvalue weighted by Gasteiger charge is -2.40. The van der Waals surface area contributed by atoms with Crippen LogP contribution in [0, 0.1) is 0 Å². The van der Waals surface area contributed by atoms with Crippen LogP contribution in [0.1, 0.15) is 13.8 Å². The first-order valence-electron chi connectivity index (χ1n) is 6.26. The SMILES string of the molecule is CCOP(=O)(OCC)S[C@@H]1O[C@H](CO)[C@H](O)[C@H](O)[C@H]1O. The van der Waals surface area contributed by atoms with Crippen molar-refractivity contribution in [2.45, 2.75) is 43.7 Å². The minimum absolute atomic E-state index is 0.141. The zero-order chi connectivity index (χ0) is 15.3. The van der Waals surface area contributed by atoms with Crippen LogP contribution in [0.2, 0.25) is 0 Å². The van der Waals surface area contributed by atoms with Gasteiger partial charge in [-0.15, -0.1) is 0 Å². The maximum atomic E-state index is 12.3. The molecule has 1 aliphatic rings. The molecule has 0 saturated carbocycles. The van der Waals surface area contributed by atoms with Crippen molar-refractivity contribution in [2.75, 3.05) is 19.8 Å². The van der Waals surface area contributed by atoms with E-state index in [-0.39, 0.29) is 13.2 Å². The second-order valence-corrected chi connectivity index (χ2v) is 8.15. The van der Waals surface area contributed by atoms with Gasteiger partial charge < -0.3 is 34.2 Å². The van der Waals surface area contributed by atoms with E-state index in [0.29, 0.717) is 11.4 Å². The molecule has 1 fully saturated rings. The highest BCUT2D eigenvalue weighted by Crippen LogP contribution is 2.63. The number of rotatable bonds is 7. The van der Waals surface area contributed by atoms with Crippen molar-refractivity contribution in [3.8, 4) is 0 Å². The molecule has 5 atom stereocenters. The fraction of sp³-hybridized carbons (Fsp3) is 1.00. The molecule has 0 bridgehead atoms. The minimum Gasteiger partial charge on any atom is -0.394 e. The minimum atomic E-state index is -3.55. The van der Waals surface area contributed by atoms with Crippen LogP contribution in [0.15, 0.2) is 0 Å². The predicted molar refractivity (Wildman–Crippen MR) is 72.2 cm³/mol. The summed E-state index contributed by atoms with van der Waals surface area (Å²) in [5, 5.41) is 38.2. The van der Waals surface area contributed by atoms with Gasteiger partial charge in [-0.3, -0.25) is 0 Å². The fourth-order valence-corrected chi connectivity index (χ4v) is 5.54. The van der Waals surface area contributed by atoms with E-state index < -0.39 is 43.3 Å². The average molecular weight is 332 g/mol. The van der Waals surface area contributed by atoms with Gasteiger partial charge in [-0.25, -0.2) is 4.57 Å². The Morgan fingerprint density at radius 3 is 2.10 bits per heavy atom. The molecular formula is C10H21O8PS. The van der Waals surface area contributed by atoms with Gasteiger partial charge in [0.2, 0.25) is 0 Å². The Kier molecular flexibility index (Phi) is 7.40. The normalized spacial score (nSPS) is 35.2. The van der Waals surface area contributed by atoms with Crippen molar-refractivity contribution in [2.24, 2.45) is 0 Å². The first-order valence-corrected chi connectivity index (χ1v) is 9.29. The molecule has 8 nitrogen and oxygen atoms in total. The van der Waals surface area contributed by atoms with Gasteiger partial charge >= 0.3 is 6.80 Å². The van der Waals surface area contributed by atoms with Gasteiger partial charge in [0.05, 0.1) is 19.8 Å². The lowest BCUT2D eigenvalue weighted by atomic mass is 10.0. The first kappa shape index (κ1) is 18.3. The third-order valence-corrected chi connectivity index (χ3v) is 6.69. The van der Waals surface area contributed by atoms with Crippen LogP contribution in [0.25, 0.3) is 0 Å². The van der Waals surface area contributed by atoms with Gasteiger partial charge in [0.15, 0.2) is 0 Å². The van der Waals surface area contributed by atoms with E-state index in [1.165, 1.54) is 0 Å². The molecule has 1 aliphatic heterocycles. The maximum Gasteiger partial charge on any atom is 0.391 e. The number of hydrogen-bond donors (Lipinski definition) is 4. The van der Waals surface area contributed by atoms with E-state index in [1.54, 1.807) is 13.8 Å². The van der Waals surface area contributed by atoms with Gasteiger partial charge in [-0.2, -0.15) is 0 Å². The molecule has 4 N–H and O–H groups in total. The van der Waals surface area contributed by atoms with Crippen LogP contribution in [-0.4, -0.2) is 70.1 Å². The van der Waals surface area contributed by atoms with E-state index in [9.17, 15) is 19.9 Å². The lowest BCUT2D eigenvalue weighted by molar-refractivity contribution is -0.205. The Morgan fingerprint density at radius 1 is 1.10 bits per heavy atom. The van der Waals surface area contributed by atoms with Crippen LogP contribution in [0.5, 0.6) is 0 Å². The molecule has 1 heterocycles. The summed E-state index contributed by atoms with van der Waals surface area (Å²) in [5.41, 5.74) is -1.14. The molecule has 0 aliphatic carbocycles. The van der Waals surface area contributed by atoms with Crippen LogP contribution in [0.3, 0.4) is 0 Å². The highest BCUT2D eigenvalue weighted by molar-refractivity contribution is 8.55. The molecule has 0 aromatic heterocycles. The summed E-state index contributed by atoms with van der Waals surface area (Å²) in [4.78, 5) is 0. The molecule has 20 heavy (non-hydrogen) atoms. The molecule has 0 aromatic rings. The monoisotopic (exact) mass is 332 g/mol. The van der Waals surface area contributed by atoms with Gasteiger partial charge in [0, 0.05) is 0 Å². The number of aliphatic hydroxyl groups excluding tert-OH is 4. The van der Waals surface area contributed by atoms with Gasteiger partial charge in [-0.05, 0) is 25.2 Å². The van der Waals surface area contributed by atoms with Crippen molar-refractivity contribution in [1.82, 2.24) is 0 Å². The van der Waals surface area contributed by atoms with Crippen molar-refractivity contribution in [3.05, 3.63) is 0 Å². The van der Waals surface area contributed by atoms with E-state index in [4.69, 9.17) is 18.9 Å². The predicted octanol–water partition coefficient (Wildman–Crippen LogP) is -0.299. The molecule has 1 rings (SSSR count). The Balaban J connectivity index is 2.80. The largest absolute Gasteiger partial charge is 0.394 e. The second kappa shape index (κ2) is 8.07. The highest BCUT2D eigenvalue weighted by atomic mass is 32.7. The third-order valence-electron chi connectivity index (χ3n) is 2.66. The lowest BCUT2D eigenvalue weighted by Crippen LogP contribution is -2.57. The quantitative estimate of drug-likeness (QED) is 0.465. The zero-order valence-corrected chi connectivity index (χ0v) is 13.0. The summed E-state index contributed by atoms with van der Waals surface area (Å²) in [6, 6.07) is 0. The number of aliphatic hydroxyl groups is 4. The van der Waals surface area contributed by atoms with E-state index in [1.807, 2.05) is 0 Å². The molecule has 0 amide bonds. The molecular weight excluding hydrogens is 311 g/mol. The molecule has 0 aromatic carbocycles. The van der Waals surface area contributed by atoms with Crippen molar-refractivity contribution in [1.29, 1.82) is 0 Å². The maximum absolute atomic E-state index is 12.3. The third kappa shape index (κ3) is 4.40. The molecule has 0 radical (unpaired) electrons. The molecule has 1 saturated heterocycles. The zero-order valence-electron chi connectivity index (χ0n) is 11.3. The summed E-state index contributed by atoms with van der Waals surface area (Å²) in [7, 11) is 0. The molecule has 10 heteroatoms. The number of hydrogen-bond acceptors (Lipinski definition) is 9. The van der Waals surface area contributed by atoms with Gasteiger partial charge in [-0.1, -0.05) is 0 Å². The van der Waals surface area contributed by atoms with E-state index in [0.717, 1.165) is 0 Å². The molecule has 0 spiro atoms. The molecule has 0 unspecified atom stereocenters. The Bertz CT molecular complexity index is 331. The Labute approximate surface area is 121 Å². The fourth-order valence-electron chi connectivity index (χ4n) is 1.70. The number of ether oxygens (including phenoxy) is 1. The van der Waals surface area contributed by atoms with Crippen LogP contribution in [0.4, 0.5) is 0 Å². The molecule has 120 valence electrons. The highest BCUT2D eigenvalue weighted by Gasteiger charge is 2.47. The summed E-state index contributed by atoms with van der Waals surface area (Å²) in [6.07, 6.45) is -5.50. The second-order valence-electron chi connectivity index (χ2n) is 4.09. The summed E-state index contributed by atoms with van der Waals surface area (Å²) >= 11 is 0.607. The van der Waals surface area contributed by atoms with E-state index in [2.05, 4.69) is 0 Å². The Hall–Kier alpha value is 0.300. The first-order chi connectivity index (χ1) is 9.38. The van der Waals surface area contributed by atoms with Crippen LogP contribution < -0.4 is 0 Å². The average Bonchev–Trinajstić information content (AvgIpc) is 2.40.